The quantitative estimate of drug-likeness (QED) is 0.185. The number of aldehydes is 1. The molecule has 262 valence electrons. The Labute approximate surface area is 275 Å². The van der Waals surface area contributed by atoms with E-state index in [-0.39, 0.29) is 28.8 Å². The molecule has 5 N–H and O–H groups in total. The molecule has 0 aromatic heterocycles. The Bertz CT molecular complexity index is 1180. The Balaban J connectivity index is 1.59. The molecule has 1 aliphatic heterocycles. The molecule has 46 heavy (non-hydrogen) atoms. The van der Waals surface area contributed by atoms with E-state index in [1.165, 1.54) is 11.9 Å². The van der Waals surface area contributed by atoms with E-state index in [1.54, 1.807) is 7.11 Å². The topological polar surface area (TPSA) is 146 Å². The van der Waals surface area contributed by atoms with Gasteiger partial charge in [-0.3, -0.25) is 0 Å². The molecule has 0 radical (unpaired) electrons. The van der Waals surface area contributed by atoms with Gasteiger partial charge in [0.1, 0.15) is 30.7 Å². The van der Waals surface area contributed by atoms with Gasteiger partial charge in [0.25, 0.3) is 0 Å². The second-order valence-corrected chi connectivity index (χ2v) is 16.7. The van der Waals surface area contributed by atoms with Crippen molar-refractivity contribution in [3.8, 4) is 0 Å². The molecule has 9 heteroatoms. The molecule has 9 nitrogen and oxygen atoms in total. The van der Waals surface area contributed by atoms with Crippen LogP contribution >= 0.6 is 0 Å². The molecule has 1 saturated heterocycles. The average Bonchev–Trinajstić information content (AvgIpc) is 3.29. The molecule has 0 aromatic carbocycles. The largest absolute Gasteiger partial charge is 0.394 e. The number of aliphatic hydroxyl groups excluding tert-OH is 5. The summed E-state index contributed by atoms with van der Waals surface area (Å²) in [5, 5.41) is 53.2. The van der Waals surface area contributed by atoms with Crippen LogP contribution in [-0.2, 0) is 19.0 Å². The number of rotatable bonds is 9. The smallest absolute Gasteiger partial charge is 0.187 e. The number of allylic oxidation sites excluding steroid dienone is 1. The Morgan fingerprint density at radius 3 is 2.30 bits per heavy atom. The van der Waals surface area contributed by atoms with Crippen LogP contribution in [0.2, 0.25) is 0 Å². The number of ether oxygens (including phenoxy) is 3. The van der Waals surface area contributed by atoms with E-state index in [4.69, 9.17) is 14.2 Å². The fraction of sp³-hybridized carbons (Fsp3) is 0.865. The van der Waals surface area contributed by atoms with Gasteiger partial charge in [-0.25, -0.2) is 0 Å². The molecule has 4 fully saturated rings. The molecule has 5 rings (SSSR count). The minimum atomic E-state index is -1.57. The number of carbonyl (C=O) groups is 1. The summed E-state index contributed by atoms with van der Waals surface area (Å²) < 4.78 is 18.5. The van der Waals surface area contributed by atoms with Crippen LogP contribution in [0.3, 0.4) is 0 Å². The highest BCUT2D eigenvalue weighted by molar-refractivity contribution is 5.65. The SMILES string of the molecule is CO[C@@H](C=C(C)C)C[C@@H](C)[C@H]1CC[C@@]2(C)[C@@H]3[C@@H](O[C@@H]4O[C@H](CO)[C@@H](O)[C@H](O)[C@H]4O)C=C4[C@H](CCC(O)C4(C)C)[C@@]3(C=O)CC[C@]12C. The van der Waals surface area contributed by atoms with E-state index in [0.29, 0.717) is 31.1 Å². The van der Waals surface area contributed by atoms with Crippen molar-refractivity contribution in [2.24, 2.45) is 45.3 Å². The Hall–Kier alpha value is -1.17. The Kier molecular flexibility index (Phi) is 10.2. The van der Waals surface area contributed by atoms with Crippen molar-refractivity contribution in [2.75, 3.05) is 13.7 Å². The molecule has 0 bridgehead atoms. The molecule has 0 amide bonds. The lowest BCUT2D eigenvalue weighted by molar-refractivity contribution is -0.321. The van der Waals surface area contributed by atoms with Crippen LogP contribution in [0.25, 0.3) is 0 Å². The van der Waals surface area contributed by atoms with Crippen molar-refractivity contribution in [2.45, 2.75) is 142 Å². The van der Waals surface area contributed by atoms with Crippen molar-refractivity contribution in [3.63, 3.8) is 0 Å². The van der Waals surface area contributed by atoms with Crippen LogP contribution in [0.4, 0.5) is 0 Å². The van der Waals surface area contributed by atoms with Gasteiger partial charge < -0.3 is 44.5 Å². The third kappa shape index (κ3) is 5.49. The lowest BCUT2D eigenvalue weighted by atomic mass is 9.38. The first kappa shape index (κ1) is 36.1. The molecular formula is C37H60O9. The van der Waals surface area contributed by atoms with Gasteiger partial charge in [-0.1, -0.05) is 57.9 Å². The zero-order valence-corrected chi connectivity index (χ0v) is 29.2. The van der Waals surface area contributed by atoms with Gasteiger partial charge in [0, 0.05) is 23.9 Å². The maximum Gasteiger partial charge on any atom is 0.187 e. The third-order valence-electron chi connectivity index (χ3n) is 13.9. The van der Waals surface area contributed by atoms with E-state index in [2.05, 4.69) is 46.8 Å². The van der Waals surface area contributed by atoms with Gasteiger partial charge >= 0.3 is 0 Å². The van der Waals surface area contributed by atoms with Crippen molar-refractivity contribution >= 4 is 6.29 Å². The van der Waals surface area contributed by atoms with Crippen LogP contribution in [0.1, 0.15) is 93.4 Å². The maximum atomic E-state index is 13.7. The van der Waals surface area contributed by atoms with Crippen molar-refractivity contribution in [1.29, 1.82) is 0 Å². The highest BCUT2D eigenvalue weighted by atomic mass is 16.7. The normalized spacial score (nSPS) is 47.9. The summed E-state index contributed by atoms with van der Waals surface area (Å²) in [6.45, 7) is 14.8. The average molecular weight is 649 g/mol. The van der Waals surface area contributed by atoms with Gasteiger partial charge in [0.15, 0.2) is 6.29 Å². The van der Waals surface area contributed by atoms with Crippen molar-refractivity contribution in [1.82, 2.24) is 0 Å². The zero-order chi connectivity index (χ0) is 34.0. The Morgan fingerprint density at radius 2 is 1.70 bits per heavy atom. The summed E-state index contributed by atoms with van der Waals surface area (Å²) in [6.07, 6.45) is 2.98. The second-order valence-electron chi connectivity index (χ2n) is 16.7. The summed E-state index contributed by atoms with van der Waals surface area (Å²) in [5.41, 5.74) is 0.473. The number of fused-ring (bicyclic) bond motifs is 5. The molecule has 0 aromatic rings. The molecule has 4 aliphatic carbocycles. The van der Waals surface area contributed by atoms with E-state index < -0.39 is 60.4 Å². The monoisotopic (exact) mass is 648 g/mol. The lowest BCUT2D eigenvalue weighted by Crippen LogP contribution is -2.66. The Morgan fingerprint density at radius 1 is 1.00 bits per heavy atom. The van der Waals surface area contributed by atoms with Gasteiger partial charge in [-0.2, -0.15) is 0 Å². The fourth-order valence-electron chi connectivity index (χ4n) is 11.1. The number of aliphatic hydroxyl groups is 5. The number of hydrogen-bond donors (Lipinski definition) is 5. The van der Waals surface area contributed by atoms with Crippen LogP contribution in [0.15, 0.2) is 23.3 Å². The molecule has 1 unspecified atom stereocenters. The molecule has 1 heterocycles. The molecule has 0 spiro atoms. The van der Waals surface area contributed by atoms with Crippen LogP contribution in [0, 0.1) is 45.3 Å². The van der Waals surface area contributed by atoms with Gasteiger partial charge in [-0.15, -0.1) is 0 Å². The minimum Gasteiger partial charge on any atom is -0.394 e. The third-order valence-corrected chi connectivity index (χ3v) is 13.9. The molecular weight excluding hydrogens is 588 g/mol. The molecule has 15 atom stereocenters. The van der Waals surface area contributed by atoms with E-state index >= 15 is 0 Å². The van der Waals surface area contributed by atoms with E-state index in [0.717, 1.165) is 31.3 Å². The summed E-state index contributed by atoms with van der Waals surface area (Å²) >= 11 is 0. The maximum absolute atomic E-state index is 13.7. The summed E-state index contributed by atoms with van der Waals surface area (Å²) in [7, 11) is 1.77. The van der Waals surface area contributed by atoms with Crippen molar-refractivity contribution in [3.05, 3.63) is 23.3 Å². The first-order valence-electron chi connectivity index (χ1n) is 17.5. The number of methoxy groups -OCH3 is 1. The first-order chi connectivity index (χ1) is 21.5. The highest BCUT2D eigenvalue weighted by Gasteiger charge is 2.71. The van der Waals surface area contributed by atoms with E-state index in [9.17, 15) is 30.3 Å². The van der Waals surface area contributed by atoms with Gasteiger partial charge in [0.2, 0.25) is 0 Å². The predicted molar refractivity (Wildman–Crippen MR) is 173 cm³/mol. The lowest BCUT2D eigenvalue weighted by Gasteiger charge is -2.66. The summed E-state index contributed by atoms with van der Waals surface area (Å²) in [4.78, 5) is 13.7. The van der Waals surface area contributed by atoms with Crippen LogP contribution in [-0.4, -0.2) is 94.6 Å². The standard InChI is InChI=1S/C37H60O9/c1-20(2)15-22(44-8)16-21(3)23-11-12-36(7)32-26(45-33-31(43)30(42)29(41)27(18-38)46-33)17-25-24(9-10-28(40)34(25,4)5)37(32,19-39)14-13-35(23,36)6/h15,17,19,21-24,26-33,38,40-43H,9-14,16,18H2,1-8H3/t21-,22+,23-,24+,26+,27-,28?,29-,30+,31-,32+,33-,35-,36+,37+/m1/s1. The van der Waals surface area contributed by atoms with Gasteiger partial charge in [0.05, 0.1) is 24.9 Å². The number of hydrogen-bond acceptors (Lipinski definition) is 9. The van der Waals surface area contributed by atoms with Crippen LogP contribution < -0.4 is 0 Å². The van der Waals surface area contributed by atoms with E-state index in [1.807, 2.05) is 13.8 Å². The minimum absolute atomic E-state index is 0.0338. The molecule has 3 saturated carbocycles. The fourth-order valence-corrected chi connectivity index (χ4v) is 11.1. The predicted octanol–water partition coefficient (Wildman–Crippen LogP) is 3.93. The second kappa shape index (κ2) is 12.9. The summed E-state index contributed by atoms with van der Waals surface area (Å²) in [5.74, 6) is 0.473. The first-order valence-corrected chi connectivity index (χ1v) is 17.5. The summed E-state index contributed by atoms with van der Waals surface area (Å²) in [6, 6.07) is 0. The van der Waals surface area contributed by atoms with Crippen molar-refractivity contribution < 1.29 is 44.5 Å². The van der Waals surface area contributed by atoms with Gasteiger partial charge in [-0.05, 0) is 87.4 Å². The van der Waals surface area contributed by atoms with Crippen LogP contribution in [0.5, 0.6) is 0 Å². The number of carbonyl (C=O) groups excluding carboxylic acids is 1. The highest BCUT2D eigenvalue weighted by Crippen LogP contribution is 2.75. The zero-order valence-electron chi connectivity index (χ0n) is 29.2. The molecule has 5 aliphatic rings.